The van der Waals surface area contributed by atoms with Gasteiger partial charge in [0.15, 0.2) is 0 Å². The molecule has 1 heterocycles. The maximum atomic E-state index is 11.0. The largest absolute Gasteiger partial charge is 0.463 e. The van der Waals surface area contributed by atoms with Crippen LogP contribution in [0.3, 0.4) is 0 Å². The molecule has 1 saturated heterocycles. The Balaban J connectivity index is 2.01. The molecule has 0 aromatic heterocycles. The van der Waals surface area contributed by atoms with E-state index in [1.807, 2.05) is 0 Å². The molecule has 0 aromatic carbocycles. The molecule has 0 spiro atoms. The van der Waals surface area contributed by atoms with E-state index in [2.05, 4.69) is 12.2 Å². The molecular weight excluding hydrogens is 236 g/mol. The zero-order valence-corrected chi connectivity index (χ0v) is 10.6. The number of allylic oxidation sites excluding steroid dienone is 2. The highest BCUT2D eigenvalue weighted by atomic mass is 16.7. The predicted molar refractivity (Wildman–Crippen MR) is 62.4 cm³/mol. The molecule has 1 fully saturated rings. The lowest BCUT2D eigenvalue weighted by molar-refractivity contribution is -0.183. The highest BCUT2D eigenvalue weighted by Gasteiger charge is 2.46. The molecule has 4 atom stereocenters. The van der Waals surface area contributed by atoms with E-state index in [0.29, 0.717) is 0 Å². The molecule has 1 aliphatic heterocycles. The van der Waals surface area contributed by atoms with Gasteiger partial charge < -0.3 is 14.2 Å². The summed E-state index contributed by atoms with van der Waals surface area (Å²) in [6.45, 7) is 2.97. The van der Waals surface area contributed by atoms with Crippen molar-refractivity contribution < 1.29 is 23.8 Å². The summed E-state index contributed by atoms with van der Waals surface area (Å²) in [4.78, 5) is 21.9. The second kappa shape index (κ2) is 5.52. The maximum Gasteiger partial charge on any atom is 0.304 e. The van der Waals surface area contributed by atoms with E-state index in [0.717, 1.165) is 12.8 Å². The Morgan fingerprint density at radius 1 is 1.17 bits per heavy atom. The van der Waals surface area contributed by atoms with Crippen molar-refractivity contribution in [2.75, 3.05) is 6.61 Å². The molecule has 0 radical (unpaired) electrons. The van der Waals surface area contributed by atoms with Gasteiger partial charge in [-0.25, -0.2) is 0 Å². The average Bonchev–Trinajstić information content (AvgIpc) is 2.65. The number of carbonyl (C=O) groups is 2. The third-order valence-corrected chi connectivity index (χ3v) is 3.40. The van der Waals surface area contributed by atoms with Gasteiger partial charge in [0.25, 0.3) is 0 Å². The SMILES string of the molecule is CC(=O)OC[C@H]1O[C@@H](OC(C)=O)[C@@H]2CC=CC[C@@H]21. The van der Waals surface area contributed by atoms with E-state index >= 15 is 0 Å². The number of rotatable bonds is 3. The molecule has 0 amide bonds. The number of fused-ring (bicyclic) bond motifs is 1. The van der Waals surface area contributed by atoms with Crippen LogP contribution in [0.15, 0.2) is 12.2 Å². The molecule has 0 aromatic rings. The monoisotopic (exact) mass is 254 g/mol. The molecule has 5 heteroatoms. The Labute approximate surface area is 106 Å². The normalized spacial score (nSPS) is 33.9. The van der Waals surface area contributed by atoms with Crippen molar-refractivity contribution in [3.8, 4) is 0 Å². The minimum absolute atomic E-state index is 0.166. The van der Waals surface area contributed by atoms with Crippen LogP contribution in [0.25, 0.3) is 0 Å². The Morgan fingerprint density at radius 3 is 2.44 bits per heavy atom. The summed E-state index contributed by atoms with van der Waals surface area (Å²) >= 11 is 0. The van der Waals surface area contributed by atoms with Gasteiger partial charge in [0.2, 0.25) is 6.29 Å². The molecule has 5 nitrogen and oxygen atoms in total. The van der Waals surface area contributed by atoms with E-state index < -0.39 is 6.29 Å². The summed E-state index contributed by atoms with van der Waals surface area (Å²) in [6.07, 6.45) is 5.18. The summed E-state index contributed by atoms with van der Waals surface area (Å²) in [5, 5.41) is 0. The summed E-state index contributed by atoms with van der Waals surface area (Å²) in [6, 6.07) is 0. The fourth-order valence-electron chi connectivity index (χ4n) is 2.61. The maximum absolute atomic E-state index is 11.0. The molecule has 2 aliphatic rings. The van der Waals surface area contributed by atoms with Gasteiger partial charge in [-0.2, -0.15) is 0 Å². The fraction of sp³-hybridized carbons (Fsp3) is 0.692. The van der Waals surface area contributed by atoms with Gasteiger partial charge in [0.05, 0.1) is 6.10 Å². The van der Waals surface area contributed by atoms with Gasteiger partial charge in [-0.3, -0.25) is 9.59 Å². The molecule has 1 aliphatic carbocycles. The molecule has 2 rings (SSSR count). The lowest BCUT2D eigenvalue weighted by Crippen LogP contribution is -2.27. The van der Waals surface area contributed by atoms with Crippen molar-refractivity contribution >= 4 is 11.9 Å². The highest BCUT2D eigenvalue weighted by molar-refractivity contribution is 5.66. The molecule has 0 N–H and O–H groups in total. The first-order chi connectivity index (χ1) is 8.58. The number of hydrogen-bond acceptors (Lipinski definition) is 5. The van der Waals surface area contributed by atoms with Gasteiger partial charge in [-0.05, 0) is 12.8 Å². The van der Waals surface area contributed by atoms with Gasteiger partial charge in [-0.1, -0.05) is 12.2 Å². The minimum atomic E-state index is -0.516. The zero-order chi connectivity index (χ0) is 13.1. The van der Waals surface area contributed by atoms with Crippen LogP contribution in [0.5, 0.6) is 0 Å². The van der Waals surface area contributed by atoms with Crippen LogP contribution in [0.2, 0.25) is 0 Å². The summed E-state index contributed by atoms with van der Waals surface area (Å²) in [5.74, 6) is -0.253. The molecule has 100 valence electrons. The first kappa shape index (κ1) is 13.1. The molecule has 0 unspecified atom stereocenters. The van der Waals surface area contributed by atoms with Crippen LogP contribution in [0.1, 0.15) is 26.7 Å². The quantitative estimate of drug-likeness (QED) is 0.563. The van der Waals surface area contributed by atoms with Crippen molar-refractivity contribution in [3.63, 3.8) is 0 Å². The summed E-state index contributed by atoms with van der Waals surface area (Å²) in [5.41, 5.74) is 0. The van der Waals surface area contributed by atoms with Crippen LogP contribution in [0.4, 0.5) is 0 Å². The predicted octanol–water partition coefficient (Wildman–Crippen LogP) is 1.42. The van der Waals surface area contributed by atoms with Gasteiger partial charge in [0.1, 0.15) is 6.61 Å². The lowest BCUT2D eigenvalue weighted by Gasteiger charge is -2.24. The Morgan fingerprint density at radius 2 is 1.83 bits per heavy atom. The first-order valence-electron chi connectivity index (χ1n) is 6.19. The topological polar surface area (TPSA) is 61.8 Å². The number of ether oxygens (including phenoxy) is 3. The van der Waals surface area contributed by atoms with Gasteiger partial charge >= 0.3 is 11.9 Å². The number of esters is 2. The van der Waals surface area contributed by atoms with Crippen molar-refractivity contribution in [1.29, 1.82) is 0 Å². The highest BCUT2D eigenvalue weighted by Crippen LogP contribution is 2.40. The fourth-order valence-corrected chi connectivity index (χ4v) is 2.61. The van der Waals surface area contributed by atoms with Crippen molar-refractivity contribution in [2.24, 2.45) is 11.8 Å². The second-order valence-electron chi connectivity index (χ2n) is 4.73. The standard InChI is InChI=1S/C13H18O5/c1-8(14)16-7-12-10-5-3-4-6-11(10)13(18-12)17-9(2)15/h3-4,10-13H,5-7H2,1-2H3/t10-,11+,12+,13+/m0/s1. The molecular formula is C13H18O5. The number of carbonyl (C=O) groups excluding carboxylic acids is 2. The Kier molecular flexibility index (Phi) is 4.01. The van der Waals surface area contributed by atoms with Gasteiger partial charge in [0, 0.05) is 25.7 Å². The van der Waals surface area contributed by atoms with E-state index in [4.69, 9.17) is 14.2 Å². The minimum Gasteiger partial charge on any atom is -0.463 e. The third-order valence-electron chi connectivity index (χ3n) is 3.40. The van der Waals surface area contributed by atoms with Crippen LogP contribution in [-0.2, 0) is 23.8 Å². The molecule has 0 saturated carbocycles. The molecule has 18 heavy (non-hydrogen) atoms. The van der Waals surface area contributed by atoms with E-state index in [1.54, 1.807) is 0 Å². The Hall–Kier alpha value is -1.36. The van der Waals surface area contributed by atoms with Crippen LogP contribution >= 0.6 is 0 Å². The van der Waals surface area contributed by atoms with Crippen LogP contribution < -0.4 is 0 Å². The number of hydrogen-bond donors (Lipinski definition) is 0. The summed E-state index contributed by atoms with van der Waals surface area (Å²) in [7, 11) is 0. The van der Waals surface area contributed by atoms with E-state index in [-0.39, 0.29) is 36.5 Å². The van der Waals surface area contributed by atoms with Crippen molar-refractivity contribution in [3.05, 3.63) is 12.2 Å². The molecule has 0 bridgehead atoms. The lowest BCUT2D eigenvalue weighted by atomic mass is 9.81. The third kappa shape index (κ3) is 2.90. The van der Waals surface area contributed by atoms with Crippen LogP contribution in [-0.4, -0.2) is 30.9 Å². The summed E-state index contributed by atoms with van der Waals surface area (Å²) < 4.78 is 15.9. The van der Waals surface area contributed by atoms with E-state index in [1.165, 1.54) is 13.8 Å². The van der Waals surface area contributed by atoms with Crippen molar-refractivity contribution in [1.82, 2.24) is 0 Å². The van der Waals surface area contributed by atoms with Crippen LogP contribution in [0, 0.1) is 11.8 Å². The smallest absolute Gasteiger partial charge is 0.304 e. The zero-order valence-electron chi connectivity index (χ0n) is 10.6. The first-order valence-corrected chi connectivity index (χ1v) is 6.19. The average molecular weight is 254 g/mol. The second-order valence-corrected chi connectivity index (χ2v) is 4.73. The van der Waals surface area contributed by atoms with Gasteiger partial charge in [-0.15, -0.1) is 0 Å². The Bertz CT molecular complexity index is 362. The van der Waals surface area contributed by atoms with E-state index in [9.17, 15) is 9.59 Å². The van der Waals surface area contributed by atoms with Crippen molar-refractivity contribution in [2.45, 2.75) is 39.1 Å².